The van der Waals surface area contributed by atoms with E-state index in [0.717, 1.165) is 24.2 Å². The van der Waals surface area contributed by atoms with Gasteiger partial charge in [-0.25, -0.2) is 9.97 Å². The average Bonchev–Trinajstić information content (AvgIpc) is 2.32. The van der Waals surface area contributed by atoms with Gasteiger partial charge in [0, 0.05) is 25.6 Å². The Morgan fingerprint density at radius 2 is 2.17 bits per heavy atom. The lowest BCUT2D eigenvalue weighted by Crippen LogP contribution is -2.25. The second-order valence-electron chi connectivity index (χ2n) is 4.14. The lowest BCUT2D eigenvalue weighted by atomic mass is 10.3. The zero-order valence-corrected chi connectivity index (χ0v) is 11.8. The van der Waals surface area contributed by atoms with Crippen LogP contribution in [-0.2, 0) is 11.2 Å². The molecule has 0 radical (unpaired) electrons. The maximum absolute atomic E-state index is 9.58. The van der Waals surface area contributed by atoms with Crippen molar-refractivity contribution < 1.29 is 9.84 Å². The molecule has 0 spiro atoms. The van der Waals surface area contributed by atoms with Crippen LogP contribution >= 0.6 is 11.6 Å². The van der Waals surface area contributed by atoms with Gasteiger partial charge in [0.15, 0.2) is 0 Å². The van der Waals surface area contributed by atoms with Crippen LogP contribution in [0.1, 0.15) is 24.7 Å². The summed E-state index contributed by atoms with van der Waals surface area (Å²) in [6, 6.07) is 0. The van der Waals surface area contributed by atoms with Gasteiger partial charge in [0.1, 0.15) is 16.8 Å². The quantitative estimate of drug-likeness (QED) is 0.742. The second kappa shape index (κ2) is 7.51. The number of ether oxygens (including phenoxy) is 1. The molecule has 1 rings (SSSR count). The van der Waals surface area contributed by atoms with Crippen molar-refractivity contribution in [2.75, 3.05) is 25.6 Å². The topological polar surface area (TPSA) is 67.3 Å². The first kappa shape index (κ1) is 15.1. The average molecular weight is 274 g/mol. The van der Waals surface area contributed by atoms with Crippen LogP contribution in [-0.4, -0.2) is 41.4 Å². The predicted octanol–water partition coefficient (Wildman–Crippen LogP) is 1.81. The maximum atomic E-state index is 9.58. The van der Waals surface area contributed by atoms with Gasteiger partial charge in [-0.1, -0.05) is 18.5 Å². The molecule has 0 fully saturated rings. The van der Waals surface area contributed by atoms with E-state index in [0.29, 0.717) is 17.5 Å². The van der Waals surface area contributed by atoms with Crippen molar-refractivity contribution in [3.05, 3.63) is 16.5 Å². The summed E-state index contributed by atoms with van der Waals surface area (Å²) in [5.74, 6) is 1.39. The van der Waals surface area contributed by atoms with Crippen molar-refractivity contribution in [3.8, 4) is 0 Å². The number of hydrogen-bond acceptors (Lipinski definition) is 5. The zero-order valence-electron chi connectivity index (χ0n) is 11.0. The zero-order chi connectivity index (χ0) is 13.5. The van der Waals surface area contributed by atoms with Crippen molar-refractivity contribution >= 4 is 17.4 Å². The number of nitrogens with one attached hydrogen (secondary N) is 1. The van der Waals surface area contributed by atoms with Crippen LogP contribution < -0.4 is 5.32 Å². The fourth-order valence-corrected chi connectivity index (χ4v) is 1.69. The fourth-order valence-electron chi connectivity index (χ4n) is 1.51. The van der Waals surface area contributed by atoms with E-state index >= 15 is 0 Å². The highest BCUT2D eigenvalue weighted by molar-refractivity contribution is 6.30. The monoisotopic (exact) mass is 273 g/mol. The molecule has 0 saturated carbocycles. The van der Waals surface area contributed by atoms with E-state index in [-0.39, 0.29) is 6.61 Å². The number of halogens is 1. The second-order valence-corrected chi connectivity index (χ2v) is 4.50. The summed E-state index contributed by atoms with van der Waals surface area (Å²) in [5.41, 5.74) is 0.793. The summed E-state index contributed by atoms with van der Waals surface area (Å²) < 4.78 is 4.86. The first-order chi connectivity index (χ1) is 8.58. The third-order valence-electron chi connectivity index (χ3n) is 2.47. The summed E-state index contributed by atoms with van der Waals surface area (Å²) in [7, 11) is 1.55. The van der Waals surface area contributed by atoms with Crippen LogP contribution in [0.2, 0.25) is 5.15 Å². The number of methoxy groups -OCH3 is 1. The third-order valence-corrected chi connectivity index (χ3v) is 2.84. The van der Waals surface area contributed by atoms with Crippen molar-refractivity contribution in [2.45, 2.75) is 32.8 Å². The molecule has 0 saturated heterocycles. The lowest BCUT2D eigenvalue weighted by Gasteiger charge is -2.14. The Hall–Kier alpha value is -0.910. The predicted molar refractivity (Wildman–Crippen MR) is 72.1 cm³/mol. The fraction of sp³-hybridized carbons (Fsp3) is 0.667. The largest absolute Gasteiger partial charge is 0.389 e. The number of anilines is 1. The number of nitrogens with zero attached hydrogens (tertiary/aromatic N) is 2. The molecule has 1 aromatic heterocycles. The van der Waals surface area contributed by atoms with Gasteiger partial charge in [0.2, 0.25) is 0 Å². The highest BCUT2D eigenvalue weighted by atomic mass is 35.5. The molecule has 0 bridgehead atoms. The Kier molecular flexibility index (Phi) is 6.32. The van der Waals surface area contributed by atoms with Crippen LogP contribution in [0, 0.1) is 6.92 Å². The molecule has 0 aliphatic heterocycles. The van der Waals surface area contributed by atoms with Gasteiger partial charge >= 0.3 is 0 Å². The van der Waals surface area contributed by atoms with E-state index in [1.165, 1.54) is 0 Å². The van der Waals surface area contributed by atoms with Gasteiger partial charge in [-0.3, -0.25) is 0 Å². The van der Waals surface area contributed by atoms with Gasteiger partial charge in [0.05, 0.1) is 12.7 Å². The molecule has 6 heteroatoms. The molecule has 0 aliphatic rings. The minimum absolute atomic E-state index is 0.284. The minimum Gasteiger partial charge on any atom is -0.389 e. The van der Waals surface area contributed by atoms with Gasteiger partial charge in [0.25, 0.3) is 0 Å². The molecule has 1 atom stereocenters. The van der Waals surface area contributed by atoms with E-state index in [4.69, 9.17) is 16.3 Å². The molecule has 5 nitrogen and oxygen atoms in total. The molecule has 0 aromatic carbocycles. The van der Waals surface area contributed by atoms with Gasteiger partial charge in [-0.2, -0.15) is 0 Å². The van der Waals surface area contributed by atoms with Crippen molar-refractivity contribution in [2.24, 2.45) is 0 Å². The Morgan fingerprint density at radius 3 is 2.78 bits per heavy atom. The molecule has 0 amide bonds. The van der Waals surface area contributed by atoms with Gasteiger partial charge in [-0.15, -0.1) is 0 Å². The van der Waals surface area contributed by atoms with Gasteiger partial charge < -0.3 is 15.2 Å². The first-order valence-electron chi connectivity index (χ1n) is 6.02. The van der Waals surface area contributed by atoms with Crippen molar-refractivity contribution in [1.82, 2.24) is 9.97 Å². The van der Waals surface area contributed by atoms with E-state index in [1.54, 1.807) is 7.11 Å². The minimum atomic E-state index is -0.572. The number of aliphatic hydroxyl groups is 1. The standard InChI is InChI=1S/C12H20ClN3O2/c1-4-5-10-15-11(13)8(2)12(16-10)14-6-9(17)7-18-3/h9,17H,4-7H2,1-3H3,(H,14,15,16). The van der Waals surface area contributed by atoms with Crippen LogP contribution in [0.25, 0.3) is 0 Å². The Balaban J connectivity index is 2.74. The molecule has 1 unspecified atom stereocenters. The SMILES string of the molecule is CCCc1nc(Cl)c(C)c(NCC(O)COC)n1. The molecule has 2 N–H and O–H groups in total. The van der Waals surface area contributed by atoms with E-state index in [2.05, 4.69) is 22.2 Å². The van der Waals surface area contributed by atoms with Crippen molar-refractivity contribution in [1.29, 1.82) is 0 Å². The van der Waals surface area contributed by atoms with E-state index < -0.39 is 6.10 Å². The Bertz CT molecular complexity index is 388. The number of aromatic nitrogens is 2. The molecule has 102 valence electrons. The van der Waals surface area contributed by atoms with Crippen LogP contribution in [0.5, 0.6) is 0 Å². The Morgan fingerprint density at radius 1 is 1.44 bits per heavy atom. The summed E-state index contributed by atoms with van der Waals surface area (Å²) in [6.07, 6.45) is 1.18. The summed E-state index contributed by atoms with van der Waals surface area (Å²) in [5, 5.41) is 13.1. The third kappa shape index (κ3) is 4.40. The molecule has 1 heterocycles. The molecule has 18 heavy (non-hydrogen) atoms. The lowest BCUT2D eigenvalue weighted by molar-refractivity contribution is 0.0727. The van der Waals surface area contributed by atoms with Gasteiger partial charge in [-0.05, 0) is 13.3 Å². The van der Waals surface area contributed by atoms with Crippen LogP contribution in [0.3, 0.4) is 0 Å². The van der Waals surface area contributed by atoms with E-state index in [9.17, 15) is 5.11 Å². The van der Waals surface area contributed by atoms with Crippen molar-refractivity contribution in [3.63, 3.8) is 0 Å². The van der Waals surface area contributed by atoms with Crippen LogP contribution in [0.15, 0.2) is 0 Å². The molecule has 1 aromatic rings. The van der Waals surface area contributed by atoms with Crippen LogP contribution in [0.4, 0.5) is 5.82 Å². The Labute approximate surface area is 113 Å². The highest BCUT2D eigenvalue weighted by Gasteiger charge is 2.10. The maximum Gasteiger partial charge on any atom is 0.137 e. The summed E-state index contributed by atoms with van der Waals surface area (Å²) in [4.78, 5) is 8.61. The molecular weight excluding hydrogens is 254 g/mol. The number of rotatable bonds is 7. The first-order valence-corrected chi connectivity index (χ1v) is 6.40. The smallest absolute Gasteiger partial charge is 0.137 e. The van der Waals surface area contributed by atoms with E-state index in [1.807, 2.05) is 6.92 Å². The normalized spacial score (nSPS) is 12.5. The molecule has 0 aliphatic carbocycles. The number of aryl methyl sites for hydroxylation is 1. The molecular formula is C12H20ClN3O2. The summed E-state index contributed by atoms with van der Waals surface area (Å²) >= 11 is 6.05. The number of hydrogen-bond donors (Lipinski definition) is 2. The summed E-state index contributed by atoms with van der Waals surface area (Å²) in [6.45, 7) is 4.57. The number of aliphatic hydroxyl groups excluding tert-OH is 1. The highest BCUT2D eigenvalue weighted by Crippen LogP contribution is 2.20.